The minimum atomic E-state index is -0.227. The van der Waals surface area contributed by atoms with Gasteiger partial charge < -0.3 is 10.1 Å². The molecule has 2 rings (SSSR count). The Balaban J connectivity index is 1.86. The van der Waals surface area contributed by atoms with E-state index in [0.717, 1.165) is 18.5 Å². The lowest BCUT2D eigenvalue weighted by Gasteiger charge is -2.19. The van der Waals surface area contributed by atoms with Gasteiger partial charge in [0.1, 0.15) is 0 Å². The zero-order chi connectivity index (χ0) is 13.7. The van der Waals surface area contributed by atoms with E-state index in [9.17, 15) is 4.79 Å². The number of pyridine rings is 1. The molecule has 0 bridgehead atoms. The number of nitrogens with one attached hydrogen (secondary N) is 2. The zero-order valence-corrected chi connectivity index (χ0v) is 11.5. The highest BCUT2D eigenvalue weighted by molar-refractivity contribution is 5.81. The fourth-order valence-electron chi connectivity index (χ4n) is 2.38. The minimum absolute atomic E-state index is 0.00133. The third-order valence-electron chi connectivity index (χ3n) is 3.41. The van der Waals surface area contributed by atoms with Crippen LogP contribution in [0.4, 0.5) is 0 Å². The molecule has 0 radical (unpaired) electrons. The maximum Gasteiger partial charge on any atom is 0.236 e. The summed E-state index contributed by atoms with van der Waals surface area (Å²) >= 11 is 0. The van der Waals surface area contributed by atoms with Crippen LogP contribution in [-0.2, 0) is 16.0 Å². The first-order chi connectivity index (χ1) is 9.22. The lowest BCUT2D eigenvalue weighted by atomic mass is 10.2. The maximum absolute atomic E-state index is 11.9. The summed E-state index contributed by atoms with van der Waals surface area (Å²) in [5, 5.41) is 6.18. The second-order valence-electron chi connectivity index (χ2n) is 4.81. The van der Waals surface area contributed by atoms with Crippen LogP contribution >= 0.6 is 0 Å². The number of nitrogens with zero attached hydrogens (tertiary/aromatic N) is 1. The fraction of sp³-hybridized carbons (Fsp3) is 0.571. The molecule has 2 unspecified atom stereocenters. The van der Waals surface area contributed by atoms with Crippen molar-refractivity contribution in [1.82, 2.24) is 15.6 Å². The SMILES string of the molecule is COCCNC(=O)C(C)NC1CCc2cccnc21. The minimum Gasteiger partial charge on any atom is -0.383 e. The highest BCUT2D eigenvalue weighted by atomic mass is 16.5. The number of rotatable bonds is 6. The first-order valence-corrected chi connectivity index (χ1v) is 6.69. The van der Waals surface area contributed by atoms with E-state index in [1.54, 1.807) is 7.11 Å². The van der Waals surface area contributed by atoms with Crippen molar-refractivity contribution in [3.63, 3.8) is 0 Å². The van der Waals surface area contributed by atoms with Crippen LogP contribution < -0.4 is 10.6 Å². The van der Waals surface area contributed by atoms with E-state index in [1.807, 2.05) is 19.2 Å². The van der Waals surface area contributed by atoms with Crippen LogP contribution in [0.25, 0.3) is 0 Å². The van der Waals surface area contributed by atoms with E-state index in [4.69, 9.17) is 4.74 Å². The van der Waals surface area contributed by atoms with Crippen LogP contribution in [0.2, 0.25) is 0 Å². The van der Waals surface area contributed by atoms with Gasteiger partial charge in [-0.2, -0.15) is 0 Å². The van der Waals surface area contributed by atoms with E-state index >= 15 is 0 Å². The number of carbonyl (C=O) groups is 1. The monoisotopic (exact) mass is 263 g/mol. The number of carbonyl (C=O) groups excluding carboxylic acids is 1. The predicted octanol–water partition coefficient (Wildman–Crippen LogP) is 0.810. The van der Waals surface area contributed by atoms with Crippen molar-refractivity contribution in [2.75, 3.05) is 20.3 Å². The molecule has 0 spiro atoms. The van der Waals surface area contributed by atoms with Crippen molar-refractivity contribution in [2.24, 2.45) is 0 Å². The topological polar surface area (TPSA) is 63.2 Å². The Morgan fingerprint density at radius 2 is 2.47 bits per heavy atom. The number of fused-ring (bicyclic) bond motifs is 1. The Morgan fingerprint density at radius 3 is 3.26 bits per heavy atom. The molecule has 5 heteroatoms. The summed E-state index contributed by atoms with van der Waals surface area (Å²) in [6.07, 6.45) is 3.84. The lowest BCUT2D eigenvalue weighted by Crippen LogP contribution is -2.44. The Labute approximate surface area is 113 Å². The average molecular weight is 263 g/mol. The molecular formula is C14H21N3O2. The Hall–Kier alpha value is -1.46. The van der Waals surface area contributed by atoms with Gasteiger partial charge in [0.25, 0.3) is 0 Å². The van der Waals surface area contributed by atoms with E-state index in [-0.39, 0.29) is 18.0 Å². The van der Waals surface area contributed by atoms with Gasteiger partial charge in [-0.1, -0.05) is 6.07 Å². The van der Waals surface area contributed by atoms with Gasteiger partial charge in [-0.3, -0.25) is 15.1 Å². The molecule has 0 aromatic carbocycles. The zero-order valence-electron chi connectivity index (χ0n) is 11.5. The van der Waals surface area contributed by atoms with E-state index in [2.05, 4.69) is 21.7 Å². The predicted molar refractivity (Wildman–Crippen MR) is 72.8 cm³/mol. The summed E-state index contributed by atoms with van der Waals surface area (Å²) in [6.45, 7) is 2.95. The summed E-state index contributed by atoms with van der Waals surface area (Å²) in [5.74, 6) is 0.00133. The molecule has 1 aliphatic carbocycles. The molecule has 0 fully saturated rings. The van der Waals surface area contributed by atoms with Crippen molar-refractivity contribution in [2.45, 2.75) is 31.8 Å². The third kappa shape index (κ3) is 3.52. The van der Waals surface area contributed by atoms with Crippen LogP contribution in [0.15, 0.2) is 18.3 Å². The van der Waals surface area contributed by atoms with Gasteiger partial charge in [0.05, 0.1) is 24.4 Å². The molecular weight excluding hydrogens is 242 g/mol. The molecule has 1 heterocycles. The molecule has 19 heavy (non-hydrogen) atoms. The number of hydrogen-bond donors (Lipinski definition) is 2. The van der Waals surface area contributed by atoms with Gasteiger partial charge in [0.15, 0.2) is 0 Å². The van der Waals surface area contributed by atoms with E-state index < -0.39 is 0 Å². The highest BCUT2D eigenvalue weighted by Gasteiger charge is 2.26. The van der Waals surface area contributed by atoms with Gasteiger partial charge in [-0.25, -0.2) is 0 Å². The average Bonchev–Trinajstić information content (AvgIpc) is 2.82. The first kappa shape index (κ1) is 14.0. The highest BCUT2D eigenvalue weighted by Crippen LogP contribution is 2.28. The summed E-state index contributed by atoms with van der Waals surface area (Å²) in [7, 11) is 1.62. The smallest absolute Gasteiger partial charge is 0.236 e. The molecule has 5 nitrogen and oxygen atoms in total. The van der Waals surface area contributed by atoms with E-state index in [0.29, 0.717) is 13.2 Å². The first-order valence-electron chi connectivity index (χ1n) is 6.69. The second-order valence-corrected chi connectivity index (χ2v) is 4.81. The molecule has 2 N–H and O–H groups in total. The van der Waals surface area contributed by atoms with Gasteiger partial charge in [0.2, 0.25) is 5.91 Å². The van der Waals surface area contributed by atoms with Crippen LogP contribution in [0, 0.1) is 0 Å². The van der Waals surface area contributed by atoms with Crippen LogP contribution in [0.5, 0.6) is 0 Å². The standard InChI is InChI=1S/C14H21N3O2/c1-10(14(18)16-8-9-19-2)17-12-6-5-11-4-3-7-15-13(11)12/h3-4,7,10,12,17H,5-6,8-9H2,1-2H3,(H,16,18). The van der Waals surface area contributed by atoms with Crippen molar-refractivity contribution in [3.05, 3.63) is 29.6 Å². The molecule has 1 aliphatic rings. The molecule has 1 aromatic rings. The van der Waals surface area contributed by atoms with Crippen LogP contribution in [0.1, 0.15) is 30.6 Å². The van der Waals surface area contributed by atoms with Crippen molar-refractivity contribution in [1.29, 1.82) is 0 Å². The Morgan fingerprint density at radius 1 is 1.63 bits per heavy atom. The summed E-state index contributed by atoms with van der Waals surface area (Å²) < 4.78 is 4.91. The fourth-order valence-corrected chi connectivity index (χ4v) is 2.38. The second kappa shape index (κ2) is 6.63. The van der Waals surface area contributed by atoms with Gasteiger partial charge in [-0.05, 0) is 31.4 Å². The number of amides is 1. The summed E-state index contributed by atoms with van der Waals surface area (Å²) in [4.78, 5) is 16.3. The molecule has 0 saturated heterocycles. The molecule has 0 aliphatic heterocycles. The quantitative estimate of drug-likeness (QED) is 0.746. The maximum atomic E-state index is 11.9. The van der Waals surface area contributed by atoms with Crippen LogP contribution in [0.3, 0.4) is 0 Å². The number of aromatic nitrogens is 1. The molecule has 2 atom stereocenters. The number of aryl methyl sites for hydroxylation is 1. The van der Waals surface area contributed by atoms with Gasteiger partial charge in [0, 0.05) is 19.9 Å². The van der Waals surface area contributed by atoms with Crippen LogP contribution in [-0.4, -0.2) is 37.2 Å². The van der Waals surface area contributed by atoms with Crippen molar-refractivity contribution >= 4 is 5.91 Å². The van der Waals surface area contributed by atoms with E-state index in [1.165, 1.54) is 5.56 Å². The number of ether oxygens (including phenoxy) is 1. The molecule has 1 aromatic heterocycles. The third-order valence-corrected chi connectivity index (χ3v) is 3.41. The van der Waals surface area contributed by atoms with Gasteiger partial charge >= 0.3 is 0 Å². The normalized spacial score (nSPS) is 18.9. The Bertz CT molecular complexity index is 436. The molecule has 0 saturated carbocycles. The summed E-state index contributed by atoms with van der Waals surface area (Å²) in [5.41, 5.74) is 2.37. The van der Waals surface area contributed by atoms with Crippen molar-refractivity contribution in [3.8, 4) is 0 Å². The largest absolute Gasteiger partial charge is 0.383 e. The van der Waals surface area contributed by atoms with Crippen molar-refractivity contribution < 1.29 is 9.53 Å². The summed E-state index contributed by atoms with van der Waals surface area (Å²) in [6, 6.07) is 4.02. The Kier molecular flexibility index (Phi) is 4.87. The number of hydrogen-bond acceptors (Lipinski definition) is 4. The molecule has 104 valence electrons. The van der Waals surface area contributed by atoms with Gasteiger partial charge in [-0.15, -0.1) is 0 Å². The molecule has 1 amide bonds. The lowest BCUT2D eigenvalue weighted by molar-refractivity contribution is -0.123. The number of methoxy groups -OCH3 is 1.